The van der Waals surface area contributed by atoms with Gasteiger partial charge in [-0.3, -0.25) is 4.98 Å². The van der Waals surface area contributed by atoms with Gasteiger partial charge in [0.25, 0.3) is 0 Å². The number of ether oxygens (including phenoxy) is 1. The van der Waals surface area contributed by atoms with Gasteiger partial charge >= 0.3 is 0 Å². The van der Waals surface area contributed by atoms with E-state index in [0.717, 1.165) is 66.9 Å². The number of thiophene rings is 1. The number of hydrogen-bond donors (Lipinski definition) is 2. The fraction of sp³-hybridized carbons (Fsp3) is 0.480. The second kappa shape index (κ2) is 11.5. The zero-order valence-corrected chi connectivity index (χ0v) is 20.3. The predicted molar refractivity (Wildman–Crippen MR) is 135 cm³/mol. The van der Waals surface area contributed by atoms with Gasteiger partial charge in [-0.2, -0.15) is 0 Å². The Morgan fingerprint density at radius 1 is 1.31 bits per heavy atom. The molecule has 0 aliphatic carbocycles. The zero-order valence-electron chi connectivity index (χ0n) is 18.7. The van der Waals surface area contributed by atoms with E-state index in [2.05, 4.69) is 27.4 Å². The molecule has 1 saturated heterocycles. The monoisotopic (exact) mass is 471 g/mol. The van der Waals surface area contributed by atoms with Gasteiger partial charge in [0.05, 0.1) is 16.8 Å². The first kappa shape index (κ1) is 23.5. The van der Waals surface area contributed by atoms with Gasteiger partial charge in [-0.05, 0) is 78.9 Å². The quantitative estimate of drug-likeness (QED) is 0.414. The first-order valence-electron chi connectivity index (χ1n) is 11.4. The summed E-state index contributed by atoms with van der Waals surface area (Å²) in [6.45, 7) is 3.42. The van der Waals surface area contributed by atoms with Crippen LogP contribution in [-0.4, -0.2) is 54.1 Å². The fourth-order valence-electron chi connectivity index (χ4n) is 4.71. The summed E-state index contributed by atoms with van der Waals surface area (Å²) in [5.74, 6) is 2.78. The number of piperidine rings is 1. The van der Waals surface area contributed by atoms with E-state index in [9.17, 15) is 5.11 Å². The summed E-state index contributed by atoms with van der Waals surface area (Å²) in [6, 6.07) is 12.2. The van der Waals surface area contributed by atoms with Crippen LogP contribution < -0.4 is 10.5 Å². The summed E-state index contributed by atoms with van der Waals surface area (Å²) in [4.78, 5) is 6.99. The highest BCUT2D eigenvalue weighted by Gasteiger charge is 2.29. The molecule has 1 aliphatic rings. The van der Waals surface area contributed by atoms with Crippen molar-refractivity contribution < 1.29 is 9.84 Å². The molecule has 0 amide bonds. The maximum atomic E-state index is 10.1. The number of aliphatic hydroxyl groups is 1. The van der Waals surface area contributed by atoms with Crippen LogP contribution in [0.4, 0.5) is 0 Å². The summed E-state index contributed by atoms with van der Waals surface area (Å²) in [5, 5.41) is 13.2. The SMILES string of the molecule is COc1ccc2nccc(C(N)CC[C@@H]3CCN(CCSc4cccs4)C[C@@H]3CO)c2c1. The van der Waals surface area contributed by atoms with Gasteiger partial charge in [0.1, 0.15) is 5.75 Å². The molecule has 0 saturated carbocycles. The van der Waals surface area contributed by atoms with Gasteiger partial charge in [-0.1, -0.05) is 6.07 Å². The molecule has 1 aromatic carbocycles. The van der Waals surface area contributed by atoms with Crippen LogP contribution in [0.2, 0.25) is 0 Å². The minimum absolute atomic E-state index is 0.0489. The van der Waals surface area contributed by atoms with E-state index in [-0.39, 0.29) is 12.6 Å². The number of methoxy groups -OCH3 is 1. The second-order valence-electron chi connectivity index (χ2n) is 8.54. The molecule has 3 atom stereocenters. The van der Waals surface area contributed by atoms with E-state index in [1.807, 2.05) is 42.2 Å². The molecule has 0 radical (unpaired) electrons. The Bertz CT molecular complexity index is 982. The molecule has 2 aromatic heterocycles. The molecule has 0 bridgehead atoms. The molecule has 3 N–H and O–H groups in total. The molecule has 32 heavy (non-hydrogen) atoms. The standard InChI is InChI=1S/C25H33N3O2S2/c1-30-20-5-7-24-22(15-20)21(8-10-27-24)23(26)6-4-18-9-11-28(16-19(18)17-29)12-14-32-25-3-2-13-31-25/h2-3,5,7-8,10,13,15,18-19,23,29H,4,6,9,11-12,14,16-17,26H2,1H3/t18-,19-,23?/m1/s1. The Kier molecular flexibility index (Phi) is 8.43. The van der Waals surface area contributed by atoms with E-state index in [1.165, 1.54) is 4.21 Å². The molecule has 1 aliphatic heterocycles. The van der Waals surface area contributed by atoms with Crippen molar-refractivity contribution >= 4 is 34.0 Å². The number of thioether (sulfide) groups is 1. The highest BCUT2D eigenvalue weighted by Crippen LogP contribution is 2.33. The number of rotatable bonds is 10. The maximum absolute atomic E-state index is 10.1. The summed E-state index contributed by atoms with van der Waals surface area (Å²) in [6.07, 6.45) is 4.92. The molecule has 1 fully saturated rings. The van der Waals surface area contributed by atoms with Gasteiger partial charge in [-0.25, -0.2) is 0 Å². The number of benzene rings is 1. The van der Waals surface area contributed by atoms with Crippen molar-refractivity contribution in [2.45, 2.75) is 29.5 Å². The molecule has 1 unspecified atom stereocenters. The van der Waals surface area contributed by atoms with Gasteiger partial charge in [0, 0.05) is 43.1 Å². The van der Waals surface area contributed by atoms with Crippen molar-refractivity contribution in [3.05, 3.63) is 53.5 Å². The highest BCUT2D eigenvalue weighted by atomic mass is 32.2. The summed E-state index contributed by atoms with van der Waals surface area (Å²) in [7, 11) is 1.68. The number of likely N-dealkylation sites (tertiary alicyclic amines) is 1. The lowest BCUT2D eigenvalue weighted by molar-refractivity contribution is 0.0701. The summed E-state index contributed by atoms with van der Waals surface area (Å²) < 4.78 is 6.78. The minimum Gasteiger partial charge on any atom is -0.497 e. The molecule has 5 nitrogen and oxygen atoms in total. The fourth-order valence-corrected chi connectivity index (χ4v) is 6.58. The molecular formula is C25H33N3O2S2. The van der Waals surface area contributed by atoms with Crippen LogP contribution in [0.15, 0.2) is 52.2 Å². The van der Waals surface area contributed by atoms with Crippen LogP contribution >= 0.6 is 23.1 Å². The number of nitrogens with zero attached hydrogens (tertiary/aromatic N) is 2. The van der Waals surface area contributed by atoms with Crippen LogP contribution in [0.3, 0.4) is 0 Å². The van der Waals surface area contributed by atoms with Crippen LogP contribution in [0, 0.1) is 11.8 Å². The van der Waals surface area contributed by atoms with E-state index in [1.54, 1.807) is 18.4 Å². The number of pyridine rings is 1. The van der Waals surface area contributed by atoms with Crippen molar-refractivity contribution in [1.82, 2.24) is 9.88 Å². The topological polar surface area (TPSA) is 71.6 Å². The Labute approximate surface area is 199 Å². The lowest BCUT2D eigenvalue weighted by Gasteiger charge is -2.38. The Balaban J connectivity index is 1.31. The third-order valence-electron chi connectivity index (χ3n) is 6.59. The number of aliphatic hydroxyl groups excluding tert-OH is 1. The van der Waals surface area contributed by atoms with Crippen molar-refractivity contribution in [3.8, 4) is 5.75 Å². The molecule has 7 heteroatoms. The third kappa shape index (κ3) is 5.83. The Morgan fingerprint density at radius 2 is 2.22 bits per heavy atom. The average Bonchev–Trinajstić information content (AvgIpc) is 3.35. The van der Waals surface area contributed by atoms with Crippen molar-refractivity contribution in [2.24, 2.45) is 17.6 Å². The molecule has 3 aromatic rings. The van der Waals surface area contributed by atoms with E-state index < -0.39 is 0 Å². The van der Waals surface area contributed by atoms with Crippen molar-refractivity contribution in [3.63, 3.8) is 0 Å². The van der Waals surface area contributed by atoms with Gasteiger partial charge in [0.2, 0.25) is 0 Å². The van der Waals surface area contributed by atoms with E-state index >= 15 is 0 Å². The lowest BCUT2D eigenvalue weighted by Crippen LogP contribution is -2.43. The maximum Gasteiger partial charge on any atom is 0.119 e. The minimum atomic E-state index is -0.0489. The Morgan fingerprint density at radius 3 is 3.00 bits per heavy atom. The third-order valence-corrected chi connectivity index (χ3v) is 8.70. The van der Waals surface area contributed by atoms with Crippen LogP contribution in [-0.2, 0) is 0 Å². The largest absolute Gasteiger partial charge is 0.497 e. The molecule has 0 spiro atoms. The molecular weight excluding hydrogens is 438 g/mol. The van der Waals surface area contributed by atoms with Crippen molar-refractivity contribution in [2.75, 3.05) is 39.1 Å². The van der Waals surface area contributed by atoms with Gasteiger partial charge in [-0.15, -0.1) is 23.1 Å². The van der Waals surface area contributed by atoms with Crippen molar-refractivity contribution in [1.29, 1.82) is 0 Å². The average molecular weight is 472 g/mol. The lowest BCUT2D eigenvalue weighted by atomic mass is 9.81. The number of aromatic nitrogens is 1. The van der Waals surface area contributed by atoms with Gasteiger partial charge < -0.3 is 20.5 Å². The molecule has 4 rings (SSSR count). The molecule has 172 valence electrons. The smallest absolute Gasteiger partial charge is 0.119 e. The molecule has 3 heterocycles. The van der Waals surface area contributed by atoms with Crippen LogP contribution in [0.25, 0.3) is 10.9 Å². The first-order valence-corrected chi connectivity index (χ1v) is 13.2. The summed E-state index contributed by atoms with van der Waals surface area (Å²) >= 11 is 3.74. The normalized spacial score (nSPS) is 20.5. The van der Waals surface area contributed by atoms with E-state index in [4.69, 9.17) is 10.5 Å². The number of nitrogens with two attached hydrogens (primary N) is 1. The second-order valence-corrected chi connectivity index (χ2v) is 10.9. The zero-order chi connectivity index (χ0) is 22.3. The summed E-state index contributed by atoms with van der Waals surface area (Å²) in [5.41, 5.74) is 8.72. The van der Waals surface area contributed by atoms with Gasteiger partial charge in [0.15, 0.2) is 0 Å². The first-order chi connectivity index (χ1) is 15.7. The number of fused-ring (bicyclic) bond motifs is 1. The van der Waals surface area contributed by atoms with Crippen LogP contribution in [0.1, 0.15) is 30.9 Å². The number of hydrogen-bond acceptors (Lipinski definition) is 7. The Hall–Kier alpha value is -1.64. The van der Waals surface area contributed by atoms with E-state index in [0.29, 0.717) is 11.8 Å². The highest BCUT2D eigenvalue weighted by molar-refractivity contribution is 8.01. The van der Waals surface area contributed by atoms with Crippen LogP contribution in [0.5, 0.6) is 5.75 Å². The predicted octanol–water partition coefficient (Wildman–Crippen LogP) is 4.81.